The molecule has 0 bridgehead atoms. The number of carbonyl (C=O) groups excluding carboxylic acids is 1. The number of sulfonamides is 1. The lowest BCUT2D eigenvalue weighted by molar-refractivity contribution is 0.0782. The molecule has 0 atom stereocenters. The van der Waals surface area contributed by atoms with Gasteiger partial charge in [0.2, 0.25) is 10.0 Å². The summed E-state index contributed by atoms with van der Waals surface area (Å²) in [6.45, 7) is 5.32. The molecule has 0 saturated heterocycles. The van der Waals surface area contributed by atoms with E-state index < -0.39 is 10.0 Å². The van der Waals surface area contributed by atoms with Crippen molar-refractivity contribution in [2.24, 2.45) is 5.14 Å². The summed E-state index contributed by atoms with van der Waals surface area (Å²) in [6.07, 6.45) is 5.33. The van der Waals surface area contributed by atoms with Gasteiger partial charge in [-0.3, -0.25) is 4.79 Å². The summed E-state index contributed by atoms with van der Waals surface area (Å²) >= 11 is 0. The maximum absolute atomic E-state index is 12.4. The third-order valence-electron chi connectivity index (χ3n) is 3.33. The van der Waals surface area contributed by atoms with Crippen molar-refractivity contribution >= 4 is 15.9 Å². The van der Waals surface area contributed by atoms with Crippen LogP contribution < -0.4 is 5.14 Å². The molecule has 0 fully saturated rings. The Kier molecular flexibility index (Phi) is 6.42. The Morgan fingerprint density at radius 2 is 1.95 bits per heavy atom. The highest BCUT2D eigenvalue weighted by molar-refractivity contribution is 7.89. The van der Waals surface area contributed by atoms with Crippen LogP contribution >= 0.6 is 0 Å². The molecular formula is C14H25N3O3S. The molecular weight excluding hydrogens is 290 g/mol. The normalized spacial score (nSPS) is 11.6. The second-order valence-corrected chi connectivity index (χ2v) is 6.79. The summed E-state index contributed by atoms with van der Waals surface area (Å²) in [5.74, 6) is -0.172. The minimum absolute atomic E-state index is 0.0127. The number of hydrogen-bond acceptors (Lipinski definition) is 3. The maximum Gasteiger partial charge on any atom is 0.270 e. The molecule has 0 radical (unpaired) electrons. The zero-order valence-corrected chi connectivity index (χ0v) is 13.8. The molecule has 6 nitrogen and oxygen atoms in total. The van der Waals surface area contributed by atoms with Gasteiger partial charge in [0.25, 0.3) is 5.91 Å². The Balaban J connectivity index is 2.99. The number of aromatic nitrogens is 1. The van der Waals surface area contributed by atoms with Crippen LogP contribution in [0.1, 0.15) is 50.0 Å². The number of hydrogen-bond donors (Lipinski definition) is 1. The molecule has 120 valence electrons. The highest BCUT2D eigenvalue weighted by Gasteiger charge is 2.20. The summed E-state index contributed by atoms with van der Waals surface area (Å²) < 4.78 is 24.6. The number of nitrogens with two attached hydrogens (primary N) is 1. The SMILES string of the molecule is CCCCCN(C)C(=O)c1cc(S(N)(=O)=O)cn1CCC. The van der Waals surface area contributed by atoms with E-state index in [4.69, 9.17) is 5.14 Å². The van der Waals surface area contributed by atoms with Gasteiger partial charge in [0.15, 0.2) is 0 Å². The zero-order chi connectivity index (χ0) is 16.0. The molecule has 1 rings (SSSR count). The van der Waals surface area contributed by atoms with Gasteiger partial charge in [-0.2, -0.15) is 0 Å². The fourth-order valence-electron chi connectivity index (χ4n) is 2.14. The largest absolute Gasteiger partial charge is 0.342 e. The number of amides is 1. The Labute approximate surface area is 127 Å². The van der Waals surface area contributed by atoms with Gasteiger partial charge in [-0.1, -0.05) is 26.7 Å². The van der Waals surface area contributed by atoms with Crippen molar-refractivity contribution in [3.8, 4) is 0 Å². The van der Waals surface area contributed by atoms with E-state index >= 15 is 0 Å². The zero-order valence-electron chi connectivity index (χ0n) is 13.0. The lowest BCUT2D eigenvalue weighted by Crippen LogP contribution is -2.29. The summed E-state index contributed by atoms with van der Waals surface area (Å²) in [5.41, 5.74) is 0.375. The number of rotatable bonds is 8. The first-order valence-electron chi connectivity index (χ1n) is 7.29. The maximum atomic E-state index is 12.4. The highest BCUT2D eigenvalue weighted by atomic mass is 32.2. The fraction of sp³-hybridized carbons (Fsp3) is 0.643. The van der Waals surface area contributed by atoms with Gasteiger partial charge in [0.05, 0.1) is 0 Å². The minimum atomic E-state index is -3.79. The second kappa shape index (κ2) is 7.61. The molecule has 7 heteroatoms. The Bertz CT molecular complexity index is 578. The molecule has 2 N–H and O–H groups in total. The number of carbonyl (C=O) groups is 1. The summed E-state index contributed by atoms with van der Waals surface area (Å²) in [6, 6.07) is 1.36. The van der Waals surface area contributed by atoms with Crippen LogP contribution in [-0.4, -0.2) is 37.4 Å². The topological polar surface area (TPSA) is 85.4 Å². The lowest BCUT2D eigenvalue weighted by atomic mass is 10.2. The van der Waals surface area contributed by atoms with Crippen molar-refractivity contribution in [2.45, 2.75) is 51.0 Å². The van der Waals surface area contributed by atoms with Crippen LogP contribution in [0.2, 0.25) is 0 Å². The Hall–Kier alpha value is -1.34. The first-order valence-corrected chi connectivity index (χ1v) is 8.84. The molecule has 0 aromatic carbocycles. The quantitative estimate of drug-likeness (QED) is 0.742. The number of aryl methyl sites for hydroxylation is 1. The first-order chi connectivity index (χ1) is 9.81. The summed E-state index contributed by atoms with van der Waals surface area (Å²) in [4.78, 5) is 14.1. The van der Waals surface area contributed by atoms with E-state index in [9.17, 15) is 13.2 Å². The average molecular weight is 315 g/mol. The van der Waals surface area contributed by atoms with Crippen LogP contribution in [0.15, 0.2) is 17.2 Å². The predicted molar refractivity (Wildman–Crippen MR) is 82.6 cm³/mol. The molecule has 1 aromatic rings. The van der Waals surface area contributed by atoms with Crippen LogP contribution in [0.3, 0.4) is 0 Å². The van der Waals surface area contributed by atoms with Gasteiger partial charge in [-0.25, -0.2) is 13.6 Å². The molecule has 0 unspecified atom stereocenters. The Morgan fingerprint density at radius 3 is 2.48 bits per heavy atom. The van der Waals surface area contributed by atoms with Gasteiger partial charge in [-0.05, 0) is 18.9 Å². The van der Waals surface area contributed by atoms with Crippen molar-refractivity contribution in [2.75, 3.05) is 13.6 Å². The monoisotopic (exact) mass is 315 g/mol. The predicted octanol–water partition coefficient (Wildman–Crippen LogP) is 1.81. The van der Waals surface area contributed by atoms with Crippen molar-refractivity contribution in [3.63, 3.8) is 0 Å². The molecule has 0 saturated carbocycles. The van der Waals surface area contributed by atoms with E-state index in [-0.39, 0.29) is 10.8 Å². The first kappa shape index (κ1) is 17.7. The number of unbranched alkanes of at least 4 members (excludes halogenated alkanes) is 2. The van der Waals surface area contributed by atoms with Crippen molar-refractivity contribution < 1.29 is 13.2 Å². The second-order valence-electron chi connectivity index (χ2n) is 5.23. The lowest BCUT2D eigenvalue weighted by Gasteiger charge is -2.18. The standard InChI is InChI=1S/C14H25N3O3S/c1-4-6-7-9-16(3)14(18)13-10-12(21(15,19)20)11-17(13)8-5-2/h10-11H,4-9H2,1-3H3,(H2,15,19,20). The molecule has 0 spiro atoms. The molecule has 0 aliphatic rings. The van der Waals surface area contributed by atoms with E-state index in [1.807, 2.05) is 6.92 Å². The summed E-state index contributed by atoms with van der Waals surface area (Å²) in [7, 11) is -2.06. The van der Waals surface area contributed by atoms with Crippen LogP contribution in [-0.2, 0) is 16.6 Å². The molecule has 1 aromatic heterocycles. The third-order valence-corrected chi connectivity index (χ3v) is 4.21. The van der Waals surface area contributed by atoms with Gasteiger partial charge >= 0.3 is 0 Å². The van der Waals surface area contributed by atoms with Crippen LogP contribution in [0.25, 0.3) is 0 Å². The molecule has 1 heterocycles. The average Bonchev–Trinajstić information content (AvgIpc) is 2.82. The van der Waals surface area contributed by atoms with Gasteiger partial charge in [0.1, 0.15) is 10.6 Å². The molecule has 1 amide bonds. The van der Waals surface area contributed by atoms with Crippen molar-refractivity contribution in [3.05, 3.63) is 18.0 Å². The van der Waals surface area contributed by atoms with E-state index in [1.54, 1.807) is 16.5 Å². The van der Waals surface area contributed by atoms with Gasteiger partial charge in [0, 0.05) is 26.3 Å². The van der Waals surface area contributed by atoms with Crippen LogP contribution in [0, 0.1) is 0 Å². The van der Waals surface area contributed by atoms with Crippen molar-refractivity contribution in [1.29, 1.82) is 0 Å². The molecule has 0 aliphatic carbocycles. The third kappa shape index (κ3) is 4.86. The van der Waals surface area contributed by atoms with Gasteiger partial charge < -0.3 is 9.47 Å². The van der Waals surface area contributed by atoms with E-state index in [2.05, 4.69) is 6.92 Å². The summed E-state index contributed by atoms with van der Waals surface area (Å²) in [5, 5.41) is 5.14. The minimum Gasteiger partial charge on any atom is -0.342 e. The fourth-order valence-corrected chi connectivity index (χ4v) is 2.69. The van der Waals surface area contributed by atoms with E-state index in [0.29, 0.717) is 18.8 Å². The van der Waals surface area contributed by atoms with Crippen molar-refractivity contribution in [1.82, 2.24) is 9.47 Å². The molecule has 21 heavy (non-hydrogen) atoms. The highest BCUT2D eigenvalue weighted by Crippen LogP contribution is 2.16. The van der Waals surface area contributed by atoms with Crippen LogP contribution in [0.5, 0.6) is 0 Å². The number of nitrogens with zero attached hydrogens (tertiary/aromatic N) is 2. The van der Waals surface area contributed by atoms with Gasteiger partial charge in [-0.15, -0.1) is 0 Å². The molecule has 0 aliphatic heterocycles. The van der Waals surface area contributed by atoms with Crippen LogP contribution in [0.4, 0.5) is 0 Å². The van der Waals surface area contributed by atoms with E-state index in [1.165, 1.54) is 12.3 Å². The van der Waals surface area contributed by atoms with E-state index in [0.717, 1.165) is 25.7 Å². The number of primary sulfonamides is 1. The Morgan fingerprint density at radius 1 is 1.29 bits per heavy atom. The smallest absolute Gasteiger partial charge is 0.270 e.